The van der Waals surface area contributed by atoms with Gasteiger partial charge in [0.1, 0.15) is 23.2 Å². The van der Waals surface area contributed by atoms with Crippen molar-refractivity contribution >= 4 is 22.9 Å². The molecule has 5 aromatic rings. The molecule has 202 valence electrons. The monoisotopic (exact) mass is 535 g/mol. The molecule has 3 N–H and O–H groups in total. The Morgan fingerprint density at radius 3 is 2.42 bits per heavy atom. The molecule has 0 saturated heterocycles. The lowest BCUT2D eigenvalue weighted by molar-refractivity contribution is 0.0827. The van der Waals surface area contributed by atoms with Crippen molar-refractivity contribution in [2.75, 3.05) is 14.1 Å². The largest absolute Gasteiger partial charge is 0.437 e. The minimum atomic E-state index is -0.147. The summed E-state index contributed by atoms with van der Waals surface area (Å²) in [7, 11) is 3.39. The van der Waals surface area contributed by atoms with Crippen LogP contribution in [-0.4, -0.2) is 50.3 Å². The number of ether oxygens (including phenoxy) is 2. The summed E-state index contributed by atoms with van der Waals surface area (Å²) in [6.07, 6.45) is 0. The van der Waals surface area contributed by atoms with Crippen molar-refractivity contribution in [1.29, 1.82) is 5.41 Å². The van der Waals surface area contributed by atoms with Gasteiger partial charge >= 0.3 is 6.01 Å². The first kappa shape index (κ1) is 26.4. The van der Waals surface area contributed by atoms with Crippen LogP contribution >= 0.6 is 0 Å². The van der Waals surface area contributed by atoms with Crippen molar-refractivity contribution in [3.05, 3.63) is 101 Å². The van der Waals surface area contributed by atoms with Gasteiger partial charge in [0.25, 0.3) is 11.8 Å². The van der Waals surface area contributed by atoms with Crippen LogP contribution in [0, 0.1) is 19.3 Å². The number of nitrogens with two attached hydrogens (primary N) is 1. The molecule has 40 heavy (non-hydrogen) atoms. The lowest BCUT2D eigenvalue weighted by atomic mass is 10.1. The number of amidine groups is 1. The van der Waals surface area contributed by atoms with Gasteiger partial charge in [-0.3, -0.25) is 10.2 Å². The number of aryl methyl sites for hydroxylation is 2. The number of nitrogen functional groups attached to an aromatic ring is 1. The summed E-state index contributed by atoms with van der Waals surface area (Å²) < 4.78 is 14.3. The van der Waals surface area contributed by atoms with E-state index < -0.39 is 0 Å². The Bertz CT molecular complexity index is 1730. The Labute approximate surface area is 231 Å². The maximum Gasteiger partial charge on any atom is 0.327 e. The van der Waals surface area contributed by atoms with E-state index in [9.17, 15) is 4.79 Å². The van der Waals surface area contributed by atoms with E-state index in [0.717, 1.165) is 17.0 Å². The van der Waals surface area contributed by atoms with E-state index >= 15 is 0 Å². The molecule has 0 aliphatic carbocycles. The number of amides is 1. The Balaban J connectivity index is 1.62. The average Bonchev–Trinajstić information content (AvgIpc) is 3.25. The van der Waals surface area contributed by atoms with Crippen LogP contribution in [0.2, 0.25) is 0 Å². The zero-order valence-corrected chi connectivity index (χ0v) is 22.7. The molecule has 0 saturated carbocycles. The molecule has 0 radical (unpaired) electrons. The highest BCUT2D eigenvalue weighted by molar-refractivity contribution is 5.95. The summed E-state index contributed by atoms with van der Waals surface area (Å²) in [5.74, 6) is 1.57. The molecular formula is C30H29N7O3. The molecule has 0 spiro atoms. The van der Waals surface area contributed by atoms with Gasteiger partial charge in [-0.05, 0) is 49.2 Å². The highest BCUT2D eigenvalue weighted by atomic mass is 16.5. The normalized spacial score (nSPS) is 10.9. The molecule has 2 heterocycles. The third-order valence-corrected chi connectivity index (χ3v) is 6.32. The van der Waals surface area contributed by atoms with E-state index in [1.54, 1.807) is 50.5 Å². The first-order valence-electron chi connectivity index (χ1n) is 12.6. The number of aromatic nitrogens is 4. The SMILES string of the molecule is Cc1ccc(C(=N)N)cc1Oc1nc(Oc2cccc(C(=O)N(C)C)c2)c2nc(C)n(Cc3ccccc3)c2n1. The smallest absolute Gasteiger partial charge is 0.327 e. The zero-order valence-electron chi connectivity index (χ0n) is 22.7. The molecule has 10 heteroatoms. The Morgan fingerprint density at radius 2 is 1.70 bits per heavy atom. The summed E-state index contributed by atoms with van der Waals surface area (Å²) in [6, 6.07) is 22.2. The molecule has 5 rings (SSSR count). The predicted octanol–water partition coefficient (Wildman–Crippen LogP) is 5.06. The van der Waals surface area contributed by atoms with Gasteiger partial charge < -0.3 is 24.7 Å². The number of carbonyl (C=O) groups excluding carboxylic acids is 1. The molecule has 0 atom stereocenters. The van der Waals surface area contributed by atoms with E-state index in [2.05, 4.69) is 4.98 Å². The van der Waals surface area contributed by atoms with E-state index in [0.29, 0.717) is 40.3 Å². The van der Waals surface area contributed by atoms with Gasteiger partial charge in [0.15, 0.2) is 11.2 Å². The van der Waals surface area contributed by atoms with Crippen LogP contribution in [0.4, 0.5) is 0 Å². The molecule has 10 nitrogen and oxygen atoms in total. The fourth-order valence-corrected chi connectivity index (χ4v) is 4.18. The number of fused-ring (bicyclic) bond motifs is 1. The average molecular weight is 536 g/mol. The van der Waals surface area contributed by atoms with Gasteiger partial charge in [-0.1, -0.05) is 48.5 Å². The summed E-state index contributed by atoms with van der Waals surface area (Å²) in [6.45, 7) is 4.31. The van der Waals surface area contributed by atoms with Crippen LogP contribution in [0.5, 0.6) is 23.4 Å². The van der Waals surface area contributed by atoms with E-state index in [1.807, 2.05) is 54.8 Å². The molecule has 3 aromatic carbocycles. The molecular weight excluding hydrogens is 506 g/mol. The summed E-state index contributed by atoms with van der Waals surface area (Å²) in [5.41, 5.74) is 9.58. The van der Waals surface area contributed by atoms with Gasteiger partial charge in [0.2, 0.25) is 0 Å². The van der Waals surface area contributed by atoms with Crippen molar-refractivity contribution < 1.29 is 14.3 Å². The molecule has 0 fully saturated rings. The fourth-order valence-electron chi connectivity index (χ4n) is 4.18. The standard InChI is InChI=1S/C30H29N7O3/c1-18-13-14-21(26(31)32)16-24(18)40-30-34-27-25(33-19(2)37(27)17-20-9-6-5-7-10-20)28(35-30)39-23-12-8-11-22(15-23)29(38)36(3)4/h5-16H,17H2,1-4H3,(H3,31,32). The number of hydrogen-bond donors (Lipinski definition) is 2. The van der Waals surface area contributed by atoms with E-state index in [1.165, 1.54) is 4.90 Å². The van der Waals surface area contributed by atoms with Gasteiger partial charge in [-0.2, -0.15) is 9.97 Å². The van der Waals surface area contributed by atoms with Crippen LogP contribution in [0.25, 0.3) is 11.2 Å². The molecule has 0 unspecified atom stereocenters. The van der Waals surface area contributed by atoms with Crippen LogP contribution in [-0.2, 0) is 6.54 Å². The van der Waals surface area contributed by atoms with Gasteiger partial charge in [-0.15, -0.1) is 0 Å². The Hall–Kier alpha value is -5.25. The summed E-state index contributed by atoms with van der Waals surface area (Å²) in [5, 5.41) is 7.79. The van der Waals surface area contributed by atoms with E-state index in [-0.39, 0.29) is 23.6 Å². The third kappa shape index (κ3) is 5.46. The summed E-state index contributed by atoms with van der Waals surface area (Å²) >= 11 is 0. The van der Waals surface area contributed by atoms with Crippen molar-refractivity contribution in [3.63, 3.8) is 0 Å². The Kier molecular flexibility index (Phi) is 7.15. The van der Waals surface area contributed by atoms with Crippen LogP contribution in [0.1, 0.15) is 32.9 Å². The number of imidazole rings is 1. The van der Waals surface area contributed by atoms with Crippen LogP contribution in [0.3, 0.4) is 0 Å². The minimum absolute atomic E-state index is 0.0426. The van der Waals surface area contributed by atoms with Gasteiger partial charge in [0.05, 0.1) is 6.54 Å². The highest BCUT2D eigenvalue weighted by Gasteiger charge is 2.20. The number of carbonyl (C=O) groups is 1. The first-order chi connectivity index (χ1) is 19.2. The minimum Gasteiger partial charge on any atom is -0.437 e. The maximum absolute atomic E-state index is 12.5. The molecule has 0 bridgehead atoms. The third-order valence-electron chi connectivity index (χ3n) is 6.32. The number of hydrogen-bond acceptors (Lipinski definition) is 7. The summed E-state index contributed by atoms with van der Waals surface area (Å²) in [4.78, 5) is 28.0. The lowest BCUT2D eigenvalue weighted by Crippen LogP contribution is -2.21. The first-order valence-corrected chi connectivity index (χ1v) is 12.6. The van der Waals surface area contributed by atoms with Crippen molar-refractivity contribution in [1.82, 2.24) is 24.4 Å². The predicted molar refractivity (Wildman–Crippen MR) is 152 cm³/mol. The molecule has 1 amide bonds. The van der Waals surface area contributed by atoms with Gasteiger partial charge in [-0.25, -0.2) is 4.98 Å². The van der Waals surface area contributed by atoms with Crippen LogP contribution < -0.4 is 15.2 Å². The van der Waals surface area contributed by atoms with Crippen molar-refractivity contribution in [2.45, 2.75) is 20.4 Å². The van der Waals surface area contributed by atoms with Gasteiger partial charge in [0, 0.05) is 25.2 Å². The second-order valence-electron chi connectivity index (χ2n) is 9.54. The zero-order chi connectivity index (χ0) is 28.4. The maximum atomic E-state index is 12.5. The quantitative estimate of drug-likeness (QED) is 0.210. The van der Waals surface area contributed by atoms with E-state index in [4.69, 9.17) is 30.6 Å². The number of rotatable bonds is 8. The topological polar surface area (TPSA) is 132 Å². The molecule has 2 aromatic heterocycles. The number of nitrogens with zero attached hydrogens (tertiary/aromatic N) is 5. The number of nitrogens with one attached hydrogen (secondary N) is 1. The Morgan fingerprint density at radius 1 is 0.925 bits per heavy atom. The lowest BCUT2D eigenvalue weighted by Gasteiger charge is -2.13. The second kappa shape index (κ2) is 10.9. The molecule has 0 aliphatic rings. The van der Waals surface area contributed by atoms with Crippen molar-refractivity contribution in [3.8, 4) is 23.4 Å². The number of benzene rings is 3. The molecule has 0 aliphatic heterocycles. The highest BCUT2D eigenvalue weighted by Crippen LogP contribution is 2.33. The van der Waals surface area contributed by atoms with Crippen LogP contribution in [0.15, 0.2) is 72.8 Å². The second-order valence-corrected chi connectivity index (χ2v) is 9.54. The van der Waals surface area contributed by atoms with Crippen molar-refractivity contribution in [2.24, 2.45) is 5.73 Å². The fraction of sp³-hybridized carbons (Fsp3) is 0.167.